The van der Waals surface area contributed by atoms with Crippen LogP contribution in [0.4, 0.5) is 4.39 Å². The third-order valence-electron chi connectivity index (χ3n) is 6.08. The highest BCUT2D eigenvalue weighted by Crippen LogP contribution is 2.41. The molecular weight excluding hydrogens is 421 g/mol. The monoisotopic (exact) mass is 451 g/mol. The van der Waals surface area contributed by atoms with E-state index < -0.39 is 0 Å². The molecule has 1 saturated heterocycles. The molecule has 1 fully saturated rings. The van der Waals surface area contributed by atoms with Crippen LogP contribution in [0.2, 0.25) is 0 Å². The summed E-state index contributed by atoms with van der Waals surface area (Å²) >= 11 is 5.78. The van der Waals surface area contributed by atoms with Crippen molar-refractivity contribution in [2.24, 2.45) is 0 Å². The van der Waals surface area contributed by atoms with Crippen LogP contribution in [0.25, 0.3) is 5.69 Å². The van der Waals surface area contributed by atoms with Gasteiger partial charge in [0.05, 0.1) is 23.5 Å². The maximum atomic E-state index is 14.7. The van der Waals surface area contributed by atoms with E-state index in [1.165, 1.54) is 6.07 Å². The van der Waals surface area contributed by atoms with E-state index in [9.17, 15) is 4.39 Å². The Kier molecular flexibility index (Phi) is 6.58. The van der Waals surface area contributed by atoms with Crippen molar-refractivity contribution < 1.29 is 4.39 Å². The van der Waals surface area contributed by atoms with E-state index in [-0.39, 0.29) is 17.9 Å². The molecule has 0 bridgehead atoms. The fourth-order valence-electron chi connectivity index (χ4n) is 4.63. The minimum atomic E-state index is -0.231. The van der Waals surface area contributed by atoms with E-state index in [1.54, 1.807) is 6.07 Å². The number of aryl methyl sites for hydroxylation is 1. The Hall–Kier alpha value is -2.77. The zero-order valence-electron chi connectivity index (χ0n) is 19.0. The number of benzene rings is 1. The van der Waals surface area contributed by atoms with E-state index in [2.05, 4.69) is 47.2 Å². The number of aromatic nitrogens is 2. The van der Waals surface area contributed by atoms with Gasteiger partial charge in [0.15, 0.2) is 5.11 Å². The van der Waals surface area contributed by atoms with E-state index in [0.717, 1.165) is 47.3 Å². The van der Waals surface area contributed by atoms with Gasteiger partial charge in [-0.1, -0.05) is 18.2 Å². The average Bonchev–Trinajstić information content (AvgIpc) is 3.24. The predicted octanol–water partition coefficient (Wildman–Crippen LogP) is 4.55. The van der Waals surface area contributed by atoms with Gasteiger partial charge < -0.3 is 19.7 Å². The lowest BCUT2D eigenvalue weighted by Gasteiger charge is -2.28. The molecule has 3 aromatic rings. The Morgan fingerprint density at radius 2 is 1.88 bits per heavy atom. The second kappa shape index (κ2) is 9.38. The molecule has 4 rings (SSSR count). The van der Waals surface area contributed by atoms with Gasteiger partial charge in [-0.05, 0) is 89.0 Å². The van der Waals surface area contributed by atoms with Crippen LogP contribution in [-0.4, -0.2) is 51.6 Å². The van der Waals surface area contributed by atoms with Gasteiger partial charge in [0.25, 0.3) is 0 Å². The van der Waals surface area contributed by atoms with Crippen molar-refractivity contribution in [2.45, 2.75) is 32.4 Å². The summed E-state index contributed by atoms with van der Waals surface area (Å²) in [5, 5.41) is 4.25. The number of thiocarbonyl (C=S) groups is 1. The highest BCUT2D eigenvalue weighted by atomic mass is 32.1. The average molecular weight is 452 g/mol. The van der Waals surface area contributed by atoms with Crippen LogP contribution in [0.5, 0.6) is 0 Å². The zero-order valence-corrected chi connectivity index (χ0v) is 19.9. The summed E-state index contributed by atoms with van der Waals surface area (Å²) in [6.07, 6.45) is 2.81. The zero-order chi connectivity index (χ0) is 22.8. The maximum absolute atomic E-state index is 14.7. The molecule has 0 saturated carbocycles. The first-order chi connectivity index (χ1) is 15.4. The number of hydrogen-bond donors (Lipinski definition) is 1. The Morgan fingerprint density at radius 1 is 1.12 bits per heavy atom. The Bertz CT molecular complexity index is 1090. The van der Waals surface area contributed by atoms with Crippen molar-refractivity contribution >= 4 is 17.3 Å². The standard InChI is InChI=1S/C25H30FN5S/c1-17-16-19(18(2)31(17)22-12-6-5-10-20(22)26)24-23(21-11-7-8-13-27-21)28-25(32)30(24)15-9-14-29(3)4/h5-8,10-13,16,23-24H,9,14-15H2,1-4H3,(H,28,32)/t23-,24+/m1/s1. The molecule has 3 heterocycles. The van der Waals surface area contributed by atoms with Crippen LogP contribution in [0.3, 0.4) is 0 Å². The minimum absolute atomic E-state index is 0.0220. The number of hydrogen-bond acceptors (Lipinski definition) is 3. The highest BCUT2D eigenvalue weighted by Gasteiger charge is 2.41. The lowest BCUT2D eigenvalue weighted by Crippen LogP contribution is -2.32. The van der Waals surface area contributed by atoms with Gasteiger partial charge in [0.1, 0.15) is 5.82 Å². The number of halogens is 1. The first-order valence-corrected chi connectivity index (χ1v) is 11.4. The minimum Gasteiger partial charge on any atom is -0.352 e. The molecule has 1 N–H and O–H groups in total. The van der Waals surface area contributed by atoms with E-state index in [1.807, 2.05) is 48.0 Å². The summed E-state index contributed by atoms with van der Waals surface area (Å²) in [5.41, 5.74) is 4.66. The van der Waals surface area contributed by atoms with E-state index in [0.29, 0.717) is 5.69 Å². The van der Waals surface area contributed by atoms with Crippen LogP contribution >= 0.6 is 12.2 Å². The Morgan fingerprint density at radius 3 is 2.56 bits per heavy atom. The molecule has 1 aliphatic rings. The van der Waals surface area contributed by atoms with Gasteiger partial charge in [-0.25, -0.2) is 4.39 Å². The summed E-state index contributed by atoms with van der Waals surface area (Å²) in [4.78, 5) is 9.07. The molecule has 1 aromatic carbocycles. The molecule has 2 aromatic heterocycles. The second-order valence-electron chi connectivity index (χ2n) is 8.59. The van der Waals surface area contributed by atoms with Gasteiger partial charge in [0.2, 0.25) is 0 Å². The fraction of sp³-hybridized carbons (Fsp3) is 0.360. The van der Waals surface area contributed by atoms with Crippen molar-refractivity contribution in [3.63, 3.8) is 0 Å². The topological polar surface area (TPSA) is 36.3 Å². The predicted molar refractivity (Wildman–Crippen MR) is 131 cm³/mol. The third-order valence-corrected chi connectivity index (χ3v) is 6.44. The van der Waals surface area contributed by atoms with Crippen molar-refractivity contribution in [3.05, 3.63) is 83.2 Å². The number of pyridine rings is 1. The van der Waals surface area contributed by atoms with Gasteiger partial charge >= 0.3 is 0 Å². The van der Waals surface area contributed by atoms with Crippen LogP contribution in [0.15, 0.2) is 54.7 Å². The molecule has 0 aliphatic carbocycles. The van der Waals surface area contributed by atoms with Crippen LogP contribution in [0, 0.1) is 19.7 Å². The Balaban J connectivity index is 1.78. The van der Waals surface area contributed by atoms with Crippen LogP contribution in [-0.2, 0) is 0 Å². The molecule has 1 aliphatic heterocycles. The van der Waals surface area contributed by atoms with Crippen LogP contribution in [0.1, 0.15) is 41.1 Å². The van der Waals surface area contributed by atoms with Gasteiger partial charge in [0, 0.05) is 24.1 Å². The number of rotatable bonds is 7. The first-order valence-electron chi connectivity index (χ1n) is 10.9. The summed E-state index contributed by atoms with van der Waals surface area (Å²) in [7, 11) is 4.16. The molecule has 7 heteroatoms. The summed E-state index contributed by atoms with van der Waals surface area (Å²) in [6.45, 7) is 5.90. The summed E-state index contributed by atoms with van der Waals surface area (Å²) in [6, 6.07) is 14.9. The number of para-hydroxylation sites is 1. The fourth-order valence-corrected chi connectivity index (χ4v) is 4.96. The largest absolute Gasteiger partial charge is 0.352 e. The van der Waals surface area contributed by atoms with E-state index in [4.69, 9.17) is 12.2 Å². The van der Waals surface area contributed by atoms with Crippen molar-refractivity contribution in [1.29, 1.82) is 0 Å². The van der Waals surface area contributed by atoms with Crippen molar-refractivity contribution in [1.82, 2.24) is 24.7 Å². The van der Waals surface area contributed by atoms with Gasteiger partial charge in [-0.15, -0.1) is 0 Å². The van der Waals surface area contributed by atoms with Crippen LogP contribution < -0.4 is 5.32 Å². The van der Waals surface area contributed by atoms with Crippen molar-refractivity contribution in [2.75, 3.05) is 27.2 Å². The molecule has 5 nitrogen and oxygen atoms in total. The van der Waals surface area contributed by atoms with Gasteiger partial charge in [-0.3, -0.25) is 4.98 Å². The van der Waals surface area contributed by atoms with Gasteiger partial charge in [-0.2, -0.15) is 0 Å². The highest BCUT2D eigenvalue weighted by molar-refractivity contribution is 7.80. The molecule has 0 radical (unpaired) electrons. The number of nitrogens with zero attached hydrogens (tertiary/aromatic N) is 4. The second-order valence-corrected chi connectivity index (χ2v) is 8.98. The first kappa shape index (κ1) is 22.4. The third kappa shape index (κ3) is 4.27. The lowest BCUT2D eigenvalue weighted by molar-refractivity contribution is 0.292. The molecule has 0 amide bonds. The molecular formula is C25H30FN5S. The maximum Gasteiger partial charge on any atom is 0.170 e. The smallest absolute Gasteiger partial charge is 0.170 e. The van der Waals surface area contributed by atoms with Crippen molar-refractivity contribution in [3.8, 4) is 5.69 Å². The van der Waals surface area contributed by atoms with E-state index >= 15 is 0 Å². The summed E-state index contributed by atoms with van der Waals surface area (Å²) < 4.78 is 16.7. The number of nitrogens with one attached hydrogen (secondary N) is 1. The Labute approximate surface area is 194 Å². The normalized spacial score (nSPS) is 18.4. The molecule has 32 heavy (non-hydrogen) atoms. The summed E-state index contributed by atoms with van der Waals surface area (Å²) in [5.74, 6) is -0.231. The lowest BCUT2D eigenvalue weighted by atomic mass is 9.96. The quantitative estimate of drug-likeness (QED) is 0.533. The molecule has 0 spiro atoms. The molecule has 0 unspecified atom stereocenters. The molecule has 168 valence electrons. The molecule has 2 atom stereocenters. The SMILES string of the molecule is Cc1cc([C@H]2[C@@H](c3ccccn3)NC(=S)N2CCCN(C)C)c(C)n1-c1ccccc1F.